The summed E-state index contributed by atoms with van der Waals surface area (Å²) < 4.78 is 27.7. The van der Waals surface area contributed by atoms with E-state index in [0.29, 0.717) is 18.9 Å². The van der Waals surface area contributed by atoms with Gasteiger partial charge in [-0.25, -0.2) is 8.42 Å². The van der Waals surface area contributed by atoms with Gasteiger partial charge in [0.1, 0.15) is 0 Å². The van der Waals surface area contributed by atoms with E-state index in [1.54, 1.807) is 0 Å². The van der Waals surface area contributed by atoms with Crippen LogP contribution in [0, 0.1) is 5.92 Å². The highest BCUT2D eigenvalue weighted by atomic mass is 32.2. The molecule has 1 saturated heterocycles. The summed E-state index contributed by atoms with van der Waals surface area (Å²) in [4.78, 5) is 4.30. The van der Waals surface area contributed by atoms with Crippen molar-refractivity contribution in [3.05, 3.63) is 11.7 Å². The molecule has 7 heteroatoms. The zero-order valence-corrected chi connectivity index (χ0v) is 10.9. The zero-order valence-electron chi connectivity index (χ0n) is 10.1. The lowest BCUT2D eigenvalue weighted by molar-refractivity contribution is 0.355. The van der Waals surface area contributed by atoms with E-state index in [1.807, 2.05) is 0 Å². The first kappa shape index (κ1) is 12.1. The van der Waals surface area contributed by atoms with Crippen molar-refractivity contribution < 1.29 is 12.9 Å². The molecule has 6 nitrogen and oxygen atoms in total. The average molecular weight is 271 g/mol. The molecule has 2 heterocycles. The Hall–Kier alpha value is -0.950. The summed E-state index contributed by atoms with van der Waals surface area (Å²) >= 11 is 0. The summed E-state index contributed by atoms with van der Waals surface area (Å²) in [6.45, 7) is 0.456. The van der Waals surface area contributed by atoms with E-state index in [9.17, 15) is 8.42 Å². The van der Waals surface area contributed by atoms with E-state index in [2.05, 4.69) is 15.5 Å². The molecule has 0 radical (unpaired) electrons. The van der Waals surface area contributed by atoms with Crippen LogP contribution in [0.1, 0.15) is 31.0 Å². The summed E-state index contributed by atoms with van der Waals surface area (Å²) in [5.41, 5.74) is 0. The molecule has 0 bridgehead atoms. The number of rotatable bonds is 5. The lowest BCUT2D eigenvalue weighted by Crippen LogP contribution is -2.29. The van der Waals surface area contributed by atoms with Crippen molar-refractivity contribution in [2.75, 3.05) is 11.5 Å². The van der Waals surface area contributed by atoms with E-state index >= 15 is 0 Å². The predicted octanol–water partition coefficient (Wildman–Crippen LogP) is 0.299. The SMILES string of the molecule is O=S1(=O)CCC(NCc2nc(CC3CC3)no2)C1. The summed E-state index contributed by atoms with van der Waals surface area (Å²) in [5.74, 6) is 2.56. The molecule has 0 amide bonds. The third-order valence-corrected chi connectivity index (χ3v) is 5.22. The van der Waals surface area contributed by atoms with E-state index in [4.69, 9.17) is 4.52 Å². The third kappa shape index (κ3) is 3.08. The number of hydrogen-bond acceptors (Lipinski definition) is 6. The summed E-state index contributed by atoms with van der Waals surface area (Å²) in [6, 6.07) is 0.0220. The van der Waals surface area contributed by atoms with Crippen molar-refractivity contribution in [2.24, 2.45) is 5.92 Å². The first-order chi connectivity index (χ1) is 8.61. The van der Waals surface area contributed by atoms with Gasteiger partial charge < -0.3 is 9.84 Å². The molecule has 1 aromatic heterocycles. The lowest BCUT2D eigenvalue weighted by atomic mass is 10.2. The summed E-state index contributed by atoms with van der Waals surface area (Å²) in [6.07, 6.45) is 4.11. The average Bonchev–Trinajstić information content (AvgIpc) is 2.88. The number of nitrogens with one attached hydrogen (secondary N) is 1. The van der Waals surface area contributed by atoms with Crippen LogP contribution >= 0.6 is 0 Å². The second kappa shape index (κ2) is 4.62. The molecule has 0 aromatic carbocycles. The Labute approximate surface area is 106 Å². The first-order valence-corrected chi connectivity index (χ1v) is 8.18. The fourth-order valence-corrected chi connectivity index (χ4v) is 3.92. The van der Waals surface area contributed by atoms with Crippen LogP contribution in [0.25, 0.3) is 0 Å². The standard InChI is InChI=1S/C11H17N3O3S/c15-18(16)4-3-9(7-18)12-6-11-13-10(14-17-11)5-8-1-2-8/h8-9,12H,1-7H2. The van der Waals surface area contributed by atoms with Gasteiger partial charge in [-0.2, -0.15) is 4.98 Å². The minimum Gasteiger partial charge on any atom is -0.338 e. The quantitative estimate of drug-likeness (QED) is 0.829. The Kier molecular flexibility index (Phi) is 3.11. The van der Waals surface area contributed by atoms with Crippen LogP contribution in [0.3, 0.4) is 0 Å². The molecule has 2 fully saturated rings. The van der Waals surface area contributed by atoms with Gasteiger partial charge in [-0.3, -0.25) is 0 Å². The Morgan fingerprint density at radius 3 is 2.83 bits per heavy atom. The number of nitrogens with zero attached hydrogens (tertiary/aromatic N) is 2. The maximum absolute atomic E-state index is 11.3. The monoisotopic (exact) mass is 271 g/mol. The molecule has 1 aromatic rings. The van der Waals surface area contributed by atoms with Gasteiger partial charge >= 0.3 is 0 Å². The molecule has 100 valence electrons. The molecule has 1 saturated carbocycles. The topological polar surface area (TPSA) is 85.1 Å². The van der Waals surface area contributed by atoms with E-state index in [0.717, 1.165) is 18.2 Å². The second-order valence-electron chi connectivity index (χ2n) is 5.23. The van der Waals surface area contributed by atoms with Crippen molar-refractivity contribution in [3.8, 4) is 0 Å². The zero-order chi connectivity index (χ0) is 12.6. The maximum Gasteiger partial charge on any atom is 0.240 e. The largest absolute Gasteiger partial charge is 0.338 e. The molecule has 0 spiro atoms. The molecule has 1 N–H and O–H groups in total. The Morgan fingerprint density at radius 1 is 1.33 bits per heavy atom. The molecule has 3 rings (SSSR count). The van der Waals surface area contributed by atoms with Gasteiger partial charge in [-0.05, 0) is 25.2 Å². The van der Waals surface area contributed by atoms with Gasteiger partial charge in [0, 0.05) is 12.5 Å². The van der Waals surface area contributed by atoms with Gasteiger partial charge in [0.25, 0.3) is 0 Å². The molecule has 1 aliphatic carbocycles. The smallest absolute Gasteiger partial charge is 0.240 e. The minimum absolute atomic E-state index is 0.0220. The van der Waals surface area contributed by atoms with Gasteiger partial charge in [0.05, 0.1) is 18.1 Å². The molecule has 18 heavy (non-hydrogen) atoms. The van der Waals surface area contributed by atoms with Gasteiger partial charge in [-0.15, -0.1) is 0 Å². The normalized spacial score (nSPS) is 26.6. The second-order valence-corrected chi connectivity index (χ2v) is 7.46. The Morgan fingerprint density at radius 2 is 2.17 bits per heavy atom. The van der Waals surface area contributed by atoms with Crippen LogP contribution < -0.4 is 5.32 Å². The van der Waals surface area contributed by atoms with Gasteiger partial charge in [-0.1, -0.05) is 5.16 Å². The van der Waals surface area contributed by atoms with Crippen LogP contribution in [0.4, 0.5) is 0 Å². The first-order valence-electron chi connectivity index (χ1n) is 6.36. The molecular weight excluding hydrogens is 254 g/mol. The Bertz CT molecular complexity index is 521. The highest BCUT2D eigenvalue weighted by Crippen LogP contribution is 2.31. The molecular formula is C11H17N3O3S. The highest BCUT2D eigenvalue weighted by molar-refractivity contribution is 7.91. The third-order valence-electron chi connectivity index (χ3n) is 3.45. The van der Waals surface area contributed by atoms with Crippen molar-refractivity contribution in [3.63, 3.8) is 0 Å². The van der Waals surface area contributed by atoms with Crippen molar-refractivity contribution >= 4 is 9.84 Å². The van der Waals surface area contributed by atoms with E-state index < -0.39 is 9.84 Å². The van der Waals surface area contributed by atoms with Crippen molar-refractivity contribution in [1.82, 2.24) is 15.5 Å². The summed E-state index contributed by atoms with van der Waals surface area (Å²) in [5, 5.41) is 7.09. The number of sulfone groups is 1. The fourth-order valence-electron chi connectivity index (χ4n) is 2.21. The van der Waals surface area contributed by atoms with Crippen molar-refractivity contribution in [1.29, 1.82) is 0 Å². The Balaban J connectivity index is 1.49. The number of hydrogen-bond donors (Lipinski definition) is 1. The highest BCUT2D eigenvalue weighted by Gasteiger charge is 2.28. The molecule has 1 unspecified atom stereocenters. The molecule has 1 aliphatic heterocycles. The van der Waals surface area contributed by atoms with Crippen LogP contribution in [0.5, 0.6) is 0 Å². The summed E-state index contributed by atoms with van der Waals surface area (Å²) in [7, 11) is -2.83. The fraction of sp³-hybridized carbons (Fsp3) is 0.818. The molecule has 2 aliphatic rings. The predicted molar refractivity (Wildman–Crippen MR) is 64.6 cm³/mol. The van der Waals surface area contributed by atoms with Gasteiger partial charge in [0.15, 0.2) is 15.7 Å². The van der Waals surface area contributed by atoms with Crippen LogP contribution in [0.2, 0.25) is 0 Å². The molecule has 1 atom stereocenters. The van der Waals surface area contributed by atoms with Crippen molar-refractivity contribution in [2.45, 2.75) is 38.3 Å². The van der Waals surface area contributed by atoms with E-state index in [1.165, 1.54) is 12.8 Å². The minimum atomic E-state index is -2.83. The van der Waals surface area contributed by atoms with Crippen LogP contribution in [0.15, 0.2) is 4.52 Å². The van der Waals surface area contributed by atoms with Crippen LogP contribution in [-0.2, 0) is 22.8 Å². The maximum atomic E-state index is 11.3. The van der Waals surface area contributed by atoms with Gasteiger partial charge in [0.2, 0.25) is 5.89 Å². The van der Waals surface area contributed by atoms with Crippen LogP contribution in [-0.4, -0.2) is 36.1 Å². The number of aromatic nitrogens is 2. The van der Waals surface area contributed by atoms with E-state index in [-0.39, 0.29) is 17.5 Å². The lowest BCUT2D eigenvalue weighted by Gasteiger charge is -2.07.